The molecular weight excluding hydrogens is 224 g/mol. The molecule has 0 radical (unpaired) electrons. The van der Waals surface area contributed by atoms with Crippen LogP contribution >= 0.6 is 47.9 Å². The first-order valence-electron chi connectivity index (χ1n) is 3.88. The Morgan fingerprint density at radius 3 is 2.17 bits per heavy atom. The highest BCUT2D eigenvalue weighted by atomic mass is 32.2. The van der Waals surface area contributed by atoms with Gasteiger partial charge in [0.1, 0.15) is 0 Å². The van der Waals surface area contributed by atoms with Gasteiger partial charge in [0.25, 0.3) is 0 Å². The third-order valence-electron chi connectivity index (χ3n) is 0.927. The standard InChI is InChI=1S/C5H12S2.C3H4S2/c1-5(2)7-4-3-6;1-2-5-3-4-1/h5-6H,3-4H2,1-2H3;1-2H,3H2. The summed E-state index contributed by atoms with van der Waals surface area (Å²) in [6.07, 6.45) is 0. The fraction of sp³-hybridized carbons (Fsp3) is 0.750. The fourth-order valence-electron chi connectivity index (χ4n) is 0.485. The number of hydrogen-bond donors (Lipinski definition) is 1. The van der Waals surface area contributed by atoms with Gasteiger partial charge in [-0.05, 0) is 21.8 Å². The molecule has 0 fully saturated rings. The Balaban J connectivity index is 0.000000211. The SMILES string of the molecule is C1=CSCS1.CC(C)SCCS. The van der Waals surface area contributed by atoms with E-state index in [9.17, 15) is 0 Å². The second kappa shape index (κ2) is 10.2. The van der Waals surface area contributed by atoms with Crippen molar-refractivity contribution in [2.24, 2.45) is 0 Å². The zero-order chi connectivity index (χ0) is 9.23. The lowest BCUT2D eigenvalue weighted by atomic mass is 10.6. The molecule has 12 heavy (non-hydrogen) atoms. The number of thiol groups is 1. The molecule has 4 heteroatoms. The molecule has 0 unspecified atom stereocenters. The van der Waals surface area contributed by atoms with Crippen molar-refractivity contribution in [1.29, 1.82) is 0 Å². The van der Waals surface area contributed by atoms with E-state index < -0.39 is 0 Å². The van der Waals surface area contributed by atoms with Crippen molar-refractivity contribution in [1.82, 2.24) is 0 Å². The molecule has 0 amide bonds. The highest BCUT2D eigenvalue weighted by Gasteiger charge is 1.89. The molecule has 0 spiro atoms. The summed E-state index contributed by atoms with van der Waals surface area (Å²) in [5, 5.41) is 6.22. The Hall–Kier alpha value is 1.14. The van der Waals surface area contributed by atoms with Gasteiger partial charge in [0.15, 0.2) is 0 Å². The van der Waals surface area contributed by atoms with Crippen molar-refractivity contribution in [3.63, 3.8) is 0 Å². The number of hydrogen-bond acceptors (Lipinski definition) is 4. The summed E-state index contributed by atoms with van der Waals surface area (Å²) in [6.45, 7) is 4.40. The van der Waals surface area contributed by atoms with E-state index in [0.717, 1.165) is 11.0 Å². The van der Waals surface area contributed by atoms with Crippen LogP contribution in [0.3, 0.4) is 0 Å². The summed E-state index contributed by atoms with van der Waals surface area (Å²) in [6, 6.07) is 0. The van der Waals surface area contributed by atoms with Crippen LogP contribution < -0.4 is 0 Å². The Morgan fingerprint density at radius 2 is 2.00 bits per heavy atom. The zero-order valence-electron chi connectivity index (χ0n) is 7.53. The molecule has 0 aliphatic carbocycles. The van der Waals surface area contributed by atoms with Crippen molar-refractivity contribution < 1.29 is 0 Å². The summed E-state index contributed by atoms with van der Waals surface area (Å²) in [7, 11) is 0. The van der Waals surface area contributed by atoms with E-state index in [1.807, 2.05) is 35.3 Å². The first-order valence-corrected chi connectivity index (χ1v) is 7.66. The van der Waals surface area contributed by atoms with E-state index >= 15 is 0 Å². The Bertz CT molecular complexity index is 106. The molecule has 0 saturated heterocycles. The largest absolute Gasteiger partial charge is 0.179 e. The maximum Gasteiger partial charge on any atom is 0.0475 e. The van der Waals surface area contributed by atoms with Crippen LogP contribution in [0.1, 0.15) is 13.8 Å². The lowest BCUT2D eigenvalue weighted by Gasteiger charge is -1.98. The van der Waals surface area contributed by atoms with Crippen LogP contribution in [0.15, 0.2) is 10.8 Å². The van der Waals surface area contributed by atoms with Gasteiger partial charge in [0, 0.05) is 10.8 Å². The molecule has 0 aromatic rings. The van der Waals surface area contributed by atoms with Crippen molar-refractivity contribution in [3.8, 4) is 0 Å². The van der Waals surface area contributed by atoms with E-state index in [1.165, 1.54) is 10.8 Å². The zero-order valence-corrected chi connectivity index (χ0v) is 10.9. The van der Waals surface area contributed by atoms with Crippen LogP contribution in [0.5, 0.6) is 0 Å². The van der Waals surface area contributed by atoms with Crippen molar-refractivity contribution in [2.45, 2.75) is 19.1 Å². The van der Waals surface area contributed by atoms with Gasteiger partial charge in [-0.1, -0.05) is 13.8 Å². The highest BCUT2D eigenvalue weighted by Crippen LogP contribution is 2.22. The molecule has 0 nitrogen and oxygen atoms in total. The van der Waals surface area contributed by atoms with Gasteiger partial charge in [0.05, 0.1) is 0 Å². The van der Waals surface area contributed by atoms with Gasteiger partial charge >= 0.3 is 0 Å². The maximum absolute atomic E-state index is 4.07. The van der Waals surface area contributed by atoms with Crippen LogP contribution in [-0.4, -0.2) is 21.8 Å². The van der Waals surface area contributed by atoms with Crippen molar-refractivity contribution >= 4 is 47.9 Å². The Kier molecular flexibility index (Phi) is 11.2. The predicted molar refractivity (Wildman–Crippen MR) is 70.6 cm³/mol. The minimum absolute atomic E-state index is 0.771. The topological polar surface area (TPSA) is 0 Å². The minimum Gasteiger partial charge on any atom is -0.179 e. The van der Waals surface area contributed by atoms with Crippen LogP contribution in [0.25, 0.3) is 0 Å². The maximum atomic E-state index is 4.07. The summed E-state index contributed by atoms with van der Waals surface area (Å²) in [5.41, 5.74) is 0. The quantitative estimate of drug-likeness (QED) is 0.742. The third kappa shape index (κ3) is 11.1. The number of rotatable bonds is 3. The van der Waals surface area contributed by atoms with Crippen molar-refractivity contribution in [2.75, 3.05) is 16.6 Å². The summed E-state index contributed by atoms with van der Waals surface area (Å²) >= 11 is 9.74. The first-order chi connectivity index (χ1) is 5.77. The molecule has 1 aliphatic heterocycles. The average Bonchev–Trinajstić information content (AvgIpc) is 2.57. The van der Waals surface area contributed by atoms with Crippen molar-refractivity contribution in [3.05, 3.63) is 10.8 Å². The minimum atomic E-state index is 0.771. The monoisotopic (exact) mass is 240 g/mol. The molecule has 0 N–H and O–H groups in total. The van der Waals surface area contributed by atoms with Crippen LogP contribution in [-0.2, 0) is 0 Å². The lowest BCUT2D eigenvalue weighted by Crippen LogP contribution is -1.89. The van der Waals surface area contributed by atoms with Gasteiger partial charge in [-0.2, -0.15) is 24.4 Å². The molecule has 0 aromatic carbocycles. The third-order valence-corrected chi connectivity index (χ3v) is 4.48. The second-order valence-electron chi connectivity index (χ2n) is 2.37. The molecule has 0 saturated carbocycles. The average molecular weight is 240 g/mol. The second-order valence-corrected chi connectivity index (χ2v) is 6.65. The van der Waals surface area contributed by atoms with Gasteiger partial charge in [-0.3, -0.25) is 0 Å². The van der Waals surface area contributed by atoms with Crippen LogP contribution in [0, 0.1) is 0 Å². The van der Waals surface area contributed by atoms with Gasteiger partial charge < -0.3 is 0 Å². The Labute approximate surface area is 94.1 Å². The predicted octanol–water partition coefficient (Wildman–Crippen LogP) is 3.95. The molecule has 1 heterocycles. The summed E-state index contributed by atoms with van der Waals surface area (Å²) < 4.78 is 0. The summed E-state index contributed by atoms with van der Waals surface area (Å²) in [5.74, 6) is 2.18. The fourth-order valence-corrected chi connectivity index (χ4v) is 2.95. The van der Waals surface area contributed by atoms with E-state index in [4.69, 9.17) is 0 Å². The molecule has 1 rings (SSSR count). The van der Waals surface area contributed by atoms with Crippen LogP contribution in [0.4, 0.5) is 0 Å². The van der Waals surface area contributed by atoms with E-state index in [0.29, 0.717) is 0 Å². The molecule has 0 atom stereocenters. The van der Waals surface area contributed by atoms with Crippen LogP contribution in [0.2, 0.25) is 0 Å². The summed E-state index contributed by atoms with van der Waals surface area (Å²) in [4.78, 5) is 0. The molecular formula is C8H16S4. The molecule has 0 aromatic heterocycles. The molecule has 72 valence electrons. The van der Waals surface area contributed by atoms with E-state index in [2.05, 4.69) is 37.3 Å². The van der Waals surface area contributed by atoms with Gasteiger partial charge in [0.2, 0.25) is 0 Å². The molecule has 0 bridgehead atoms. The van der Waals surface area contributed by atoms with E-state index in [1.54, 1.807) is 0 Å². The normalized spacial score (nSPS) is 14.7. The first kappa shape index (κ1) is 13.1. The number of thioether (sulfide) groups is 3. The lowest BCUT2D eigenvalue weighted by molar-refractivity contribution is 1.11. The smallest absolute Gasteiger partial charge is 0.0475 e. The van der Waals surface area contributed by atoms with Gasteiger partial charge in [-0.15, -0.1) is 23.5 Å². The van der Waals surface area contributed by atoms with Gasteiger partial charge in [-0.25, -0.2) is 0 Å². The van der Waals surface area contributed by atoms with E-state index in [-0.39, 0.29) is 0 Å². The Morgan fingerprint density at radius 1 is 1.42 bits per heavy atom. The molecule has 1 aliphatic rings. The highest BCUT2D eigenvalue weighted by molar-refractivity contribution is 8.21.